The molecule has 2 atom stereocenters. The van der Waals surface area contributed by atoms with Crippen LogP contribution in [0.25, 0.3) is 0 Å². The Labute approximate surface area is 115 Å². The van der Waals surface area contributed by atoms with Crippen molar-refractivity contribution in [1.29, 1.82) is 0 Å². The molecule has 0 saturated carbocycles. The van der Waals surface area contributed by atoms with Crippen LogP contribution in [-0.2, 0) is 28.7 Å². The van der Waals surface area contributed by atoms with E-state index in [1.165, 1.54) is 27.7 Å². The monoisotopic (exact) mass is 287 g/mol. The molecule has 1 aliphatic rings. The number of imide groups is 1. The fourth-order valence-electron chi connectivity index (χ4n) is 1.36. The maximum Gasteiger partial charge on any atom is 0.309 e. The summed E-state index contributed by atoms with van der Waals surface area (Å²) in [6.45, 7) is 6.15. The number of rotatable bonds is 4. The zero-order chi connectivity index (χ0) is 15.6. The van der Waals surface area contributed by atoms with Crippen molar-refractivity contribution in [1.82, 2.24) is 5.06 Å². The summed E-state index contributed by atoms with van der Waals surface area (Å²) in [5, 5.41) is 9.06. The van der Waals surface area contributed by atoms with Crippen LogP contribution in [0.5, 0.6) is 0 Å². The number of hydrogen-bond donors (Lipinski definition) is 1. The fraction of sp³-hybridized carbons (Fsp3) is 0.667. The molecular weight excluding hydrogens is 270 g/mol. The predicted octanol–water partition coefficient (Wildman–Crippen LogP) is -0.120. The molecule has 8 nitrogen and oxygen atoms in total. The van der Waals surface area contributed by atoms with Crippen LogP contribution in [0, 0.1) is 11.8 Å². The minimum Gasteiger partial charge on any atom is -0.447 e. The molecule has 1 fully saturated rings. The van der Waals surface area contributed by atoms with Crippen LogP contribution in [0.1, 0.15) is 27.7 Å². The second-order valence-corrected chi connectivity index (χ2v) is 5.01. The molecule has 0 aromatic rings. The molecular formula is C12H17NO7. The van der Waals surface area contributed by atoms with E-state index in [4.69, 9.17) is 9.47 Å². The van der Waals surface area contributed by atoms with Crippen molar-refractivity contribution in [3.8, 4) is 0 Å². The second kappa shape index (κ2) is 6.00. The molecule has 1 heterocycles. The number of hydrogen-bond acceptors (Lipinski definition) is 7. The van der Waals surface area contributed by atoms with Gasteiger partial charge >= 0.3 is 11.9 Å². The van der Waals surface area contributed by atoms with Crippen molar-refractivity contribution in [2.24, 2.45) is 11.8 Å². The summed E-state index contributed by atoms with van der Waals surface area (Å²) in [7, 11) is 0. The number of carbonyl (C=O) groups is 4. The summed E-state index contributed by atoms with van der Waals surface area (Å²) in [6, 6.07) is 0. The minimum absolute atomic E-state index is 0.198. The zero-order valence-electron chi connectivity index (χ0n) is 11.7. The van der Waals surface area contributed by atoms with Gasteiger partial charge in [-0.1, -0.05) is 27.7 Å². The highest BCUT2D eigenvalue weighted by molar-refractivity contribution is 6.08. The maximum atomic E-state index is 11.6. The minimum atomic E-state index is -1.65. The summed E-state index contributed by atoms with van der Waals surface area (Å²) in [6.07, 6.45) is -3.30. The van der Waals surface area contributed by atoms with Gasteiger partial charge in [0.2, 0.25) is 12.2 Å². The molecule has 8 heteroatoms. The van der Waals surface area contributed by atoms with Gasteiger partial charge in [0.05, 0.1) is 11.8 Å². The number of amides is 2. The molecule has 0 radical (unpaired) electrons. The SMILES string of the molecule is CC(C)C(=O)O[C@@H]1C(=O)N(O)C(=O)[C@H]1OC(=O)C(C)C. The Morgan fingerprint density at radius 3 is 1.50 bits per heavy atom. The Kier molecular flexibility index (Phi) is 4.83. The van der Waals surface area contributed by atoms with E-state index in [2.05, 4.69) is 0 Å². The molecule has 0 bridgehead atoms. The van der Waals surface area contributed by atoms with Crippen LogP contribution in [-0.4, -0.2) is 46.2 Å². The molecule has 0 unspecified atom stereocenters. The van der Waals surface area contributed by atoms with E-state index in [1.54, 1.807) is 0 Å². The van der Waals surface area contributed by atoms with Gasteiger partial charge in [-0.05, 0) is 0 Å². The lowest BCUT2D eigenvalue weighted by Crippen LogP contribution is -2.39. The van der Waals surface area contributed by atoms with E-state index in [0.717, 1.165) is 0 Å². The molecule has 112 valence electrons. The van der Waals surface area contributed by atoms with Gasteiger partial charge in [0, 0.05) is 0 Å². The van der Waals surface area contributed by atoms with Gasteiger partial charge in [-0.2, -0.15) is 0 Å². The van der Waals surface area contributed by atoms with Crippen LogP contribution in [0.3, 0.4) is 0 Å². The number of hydroxylamine groups is 2. The molecule has 1 saturated heterocycles. The fourth-order valence-corrected chi connectivity index (χ4v) is 1.36. The Bertz CT molecular complexity index is 403. The molecule has 0 aromatic heterocycles. The first kappa shape index (κ1) is 16.1. The third-order valence-electron chi connectivity index (χ3n) is 2.61. The molecule has 0 spiro atoms. The molecule has 20 heavy (non-hydrogen) atoms. The number of esters is 2. The van der Waals surface area contributed by atoms with E-state index in [1.807, 2.05) is 0 Å². The second-order valence-electron chi connectivity index (χ2n) is 5.01. The lowest BCUT2D eigenvalue weighted by molar-refractivity contribution is -0.177. The predicted molar refractivity (Wildman–Crippen MR) is 63.1 cm³/mol. The molecule has 1 aliphatic heterocycles. The Hall–Kier alpha value is -1.96. The van der Waals surface area contributed by atoms with Gasteiger partial charge in [-0.25, -0.2) is 0 Å². The first-order valence-electron chi connectivity index (χ1n) is 6.14. The quantitative estimate of drug-likeness (QED) is 0.436. The van der Waals surface area contributed by atoms with Crippen LogP contribution >= 0.6 is 0 Å². The van der Waals surface area contributed by atoms with Gasteiger partial charge in [-0.15, -0.1) is 5.06 Å². The highest BCUT2D eigenvalue weighted by Crippen LogP contribution is 2.21. The van der Waals surface area contributed by atoms with Crippen LogP contribution < -0.4 is 0 Å². The molecule has 0 aromatic carbocycles. The van der Waals surface area contributed by atoms with E-state index in [-0.39, 0.29) is 5.06 Å². The van der Waals surface area contributed by atoms with E-state index < -0.39 is 47.8 Å². The summed E-state index contributed by atoms with van der Waals surface area (Å²) in [5.74, 6) is -4.82. The normalized spacial score (nSPS) is 22.6. The highest BCUT2D eigenvalue weighted by Gasteiger charge is 2.53. The van der Waals surface area contributed by atoms with E-state index in [9.17, 15) is 24.4 Å². The number of ether oxygens (including phenoxy) is 2. The molecule has 2 amide bonds. The average Bonchev–Trinajstić information content (AvgIpc) is 2.56. The smallest absolute Gasteiger partial charge is 0.309 e. The Morgan fingerprint density at radius 1 is 0.950 bits per heavy atom. The first-order chi connectivity index (χ1) is 9.16. The Morgan fingerprint density at radius 2 is 1.25 bits per heavy atom. The number of nitrogens with zero attached hydrogens (tertiary/aromatic N) is 1. The molecule has 0 aliphatic carbocycles. The van der Waals surface area contributed by atoms with Crippen molar-refractivity contribution in [3.05, 3.63) is 0 Å². The lowest BCUT2D eigenvalue weighted by Gasteiger charge is -2.18. The van der Waals surface area contributed by atoms with Crippen molar-refractivity contribution in [3.63, 3.8) is 0 Å². The van der Waals surface area contributed by atoms with E-state index in [0.29, 0.717) is 0 Å². The van der Waals surface area contributed by atoms with E-state index >= 15 is 0 Å². The topological polar surface area (TPSA) is 110 Å². The van der Waals surface area contributed by atoms with Crippen LogP contribution in [0.2, 0.25) is 0 Å². The van der Waals surface area contributed by atoms with Gasteiger partial charge in [0.25, 0.3) is 11.8 Å². The third kappa shape index (κ3) is 3.13. The molecule has 1 N–H and O–H groups in total. The van der Waals surface area contributed by atoms with Gasteiger partial charge in [0.1, 0.15) is 0 Å². The van der Waals surface area contributed by atoms with Crippen molar-refractivity contribution in [2.45, 2.75) is 39.9 Å². The Balaban J connectivity index is 2.92. The van der Waals surface area contributed by atoms with Gasteiger partial charge in [0.15, 0.2) is 0 Å². The van der Waals surface area contributed by atoms with Crippen LogP contribution in [0.15, 0.2) is 0 Å². The third-order valence-corrected chi connectivity index (χ3v) is 2.61. The van der Waals surface area contributed by atoms with Crippen molar-refractivity contribution in [2.75, 3.05) is 0 Å². The summed E-state index contributed by atoms with van der Waals surface area (Å²) >= 11 is 0. The maximum absolute atomic E-state index is 11.6. The van der Waals surface area contributed by atoms with Crippen LogP contribution in [0.4, 0.5) is 0 Å². The highest BCUT2D eigenvalue weighted by atomic mass is 16.6. The van der Waals surface area contributed by atoms with Gasteiger partial charge in [-0.3, -0.25) is 24.4 Å². The van der Waals surface area contributed by atoms with Crippen molar-refractivity contribution < 1.29 is 33.9 Å². The number of carbonyl (C=O) groups excluding carboxylic acids is 4. The summed E-state index contributed by atoms with van der Waals surface area (Å²) in [4.78, 5) is 46.2. The summed E-state index contributed by atoms with van der Waals surface area (Å²) in [5.41, 5.74) is 0. The lowest BCUT2D eigenvalue weighted by atomic mass is 10.2. The zero-order valence-corrected chi connectivity index (χ0v) is 11.7. The molecule has 1 rings (SSSR count). The standard InChI is InChI=1S/C12H17NO7/c1-5(2)11(16)19-7-8(20-12(17)6(3)4)10(15)13(18)9(7)14/h5-8,18H,1-4H3/t7-,8-/m0/s1. The summed E-state index contributed by atoms with van der Waals surface area (Å²) < 4.78 is 9.66. The van der Waals surface area contributed by atoms with Gasteiger partial charge < -0.3 is 9.47 Å². The first-order valence-corrected chi connectivity index (χ1v) is 6.14. The average molecular weight is 287 g/mol. The largest absolute Gasteiger partial charge is 0.447 e. The van der Waals surface area contributed by atoms with Crippen molar-refractivity contribution >= 4 is 23.8 Å².